The third-order valence-electron chi connectivity index (χ3n) is 5.36. The van der Waals surface area contributed by atoms with Gasteiger partial charge in [0.15, 0.2) is 0 Å². The highest BCUT2D eigenvalue weighted by Gasteiger charge is 2.29. The number of carbonyl (C=O) groups excluding carboxylic acids is 1. The first-order chi connectivity index (χ1) is 16.3. The summed E-state index contributed by atoms with van der Waals surface area (Å²) in [6.07, 6.45) is 0.714. The summed E-state index contributed by atoms with van der Waals surface area (Å²) in [6, 6.07) is 15.4. The number of carboxylic acid groups (broad SMARTS) is 1. The molecule has 0 bridgehead atoms. The number of alkyl halides is 1. The van der Waals surface area contributed by atoms with Crippen LogP contribution in [0.15, 0.2) is 60.7 Å². The van der Waals surface area contributed by atoms with Gasteiger partial charge in [-0.25, -0.2) is 4.39 Å². The minimum atomic E-state index is -0.931. The highest BCUT2D eigenvalue weighted by atomic mass is 35.5. The van der Waals surface area contributed by atoms with Crippen molar-refractivity contribution >= 4 is 35.1 Å². The van der Waals surface area contributed by atoms with Gasteiger partial charge in [-0.15, -0.1) is 0 Å². The number of ether oxygens (including phenoxy) is 2. The number of amides is 1. The van der Waals surface area contributed by atoms with Gasteiger partial charge in [-0.1, -0.05) is 35.3 Å². The molecule has 0 radical (unpaired) electrons. The molecule has 1 heterocycles. The van der Waals surface area contributed by atoms with Crippen LogP contribution in [0.2, 0.25) is 5.02 Å². The molecule has 0 aliphatic carbocycles. The summed E-state index contributed by atoms with van der Waals surface area (Å²) in [7, 11) is 0. The maximum Gasteiger partial charge on any atom is 0.311 e. The zero-order chi connectivity index (χ0) is 24.2. The average Bonchev–Trinajstić information content (AvgIpc) is 2.81. The lowest BCUT2D eigenvalue weighted by molar-refractivity contribution is -0.139. The Kier molecular flexibility index (Phi) is 7.24. The average molecular weight is 504 g/mol. The predicted molar refractivity (Wildman–Crippen MR) is 126 cm³/mol. The fourth-order valence-corrected chi connectivity index (χ4v) is 4.12. The van der Waals surface area contributed by atoms with Crippen molar-refractivity contribution in [3.05, 3.63) is 88.2 Å². The summed E-state index contributed by atoms with van der Waals surface area (Å²) < 4.78 is 24.4. The van der Waals surface area contributed by atoms with Gasteiger partial charge in [0.25, 0.3) is 5.91 Å². The van der Waals surface area contributed by atoms with Gasteiger partial charge < -0.3 is 19.9 Å². The zero-order valence-corrected chi connectivity index (χ0v) is 19.3. The number of fused-ring (bicyclic) bond motifs is 1. The topological polar surface area (TPSA) is 84.9 Å². The molecule has 3 aromatic rings. The number of hydrogen-bond acceptors (Lipinski definition) is 4. The molecule has 2 atom stereocenters. The molecule has 0 spiro atoms. The molecule has 6 nitrogen and oxygen atoms in total. The van der Waals surface area contributed by atoms with Crippen molar-refractivity contribution in [3.8, 4) is 17.2 Å². The Bertz CT molecular complexity index is 1200. The molecule has 2 unspecified atom stereocenters. The number of benzene rings is 3. The van der Waals surface area contributed by atoms with E-state index in [9.17, 15) is 19.1 Å². The largest absolute Gasteiger partial charge is 0.493 e. The van der Waals surface area contributed by atoms with E-state index in [2.05, 4.69) is 5.32 Å². The quantitative estimate of drug-likeness (QED) is 0.316. The van der Waals surface area contributed by atoms with E-state index < -0.39 is 17.4 Å². The first-order valence-corrected chi connectivity index (χ1v) is 11.3. The number of rotatable bonds is 7. The molecular weight excluding hydrogens is 484 g/mol. The Morgan fingerprint density at radius 3 is 2.53 bits per heavy atom. The molecule has 3 aromatic carbocycles. The van der Waals surface area contributed by atoms with Crippen LogP contribution < -0.4 is 14.8 Å². The van der Waals surface area contributed by atoms with Gasteiger partial charge in [0, 0.05) is 23.6 Å². The smallest absolute Gasteiger partial charge is 0.311 e. The molecule has 2 N–H and O–H groups in total. The molecule has 0 fully saturated rings. The van der Waals surface area contributed by atoms with Gasteiger partial charge >= 0.3 is 5.97 Å². The van der Waals surface area contributed by atoms with Crippen LogP contribution in [0, 0.1) is 5.82 Å². The molecule has 9 heteroatoms. The van der Waals surface area contributed by atoms with Crippen molar-refractivity contribution in [1.29, 1.82) is 0 Å². The molecular formula is C25H20Cl2FNO5. The van der Waals surface area contributed by atoms with Crippen molar-refractivity contribution < 1.29 is 28.6 Å². The molecule has 176 valence electrons. The Labute approximate surface area is 205 Å². The van der Waals surface area contributed by atoms with Gasteiger partial charge in [-0.05, 0) is 54.4 Å². The van der Waals surface area contributed by atoms with Crippen molar-refractivity contribution in [2.45, 2.75) is 24.3 Å². The number of carboxylic acids is 1. The van der Waals surface area contributed by atoms with Gasteiger partial charge in [0.1, 0.15) is 28.6 Å². The number of nitrogens with one attached hydrogen (secondary N) is 1. The summed E-state index contributed by atoms with van der Waals surface area (Å²) in [5, 5.41) is 12.3. The van der Waals surface area contributed by atoms with Crippen LogP contribution in [0.5, 0.6) is 17.2 Å². The van der Waals surface area contributed by atoms with E-state index in [1.807, 2.05) is 0 Å². The lowest BCUT2D eigenvalue weighted by Gasteiger charge is -2.24. The van der Waals surface area contributed by atoms with Gasteiger partial charge in [-0.2, -0.15) is 0 Å². The molecule has 0 saturated heterocycles. The van der Waals surface area contributed by atoms with Crippen molar-refractivity contribution in [2.24, 2.45) is 0 Å². The van der Waals surface area contributed by atoms with Crippen LogP contribution in [0.3, 0.4) is 0 Å². The van der Waals surface area contributed by atoms with Gasteiger partial charge in [0.2, 0.25) is 0 Å². The normalized spacial score (nSPS) is 15.6. The molecule has 0 aromatic heterocycles. The summed E-state index contributed by atoms with van der Waals surface area (Å²) in [5.41, 5.74) is 1.02. The molecule has 34 heavy (non-hydrogen) atoms. The second-order valence-corrected chi connectivity index (χ2v) is 8.68. The SMILES string of the molecule is O=C(NC(Cl)Cc1ccc(F)cc1)c1ccc(Oc2cc3c(cc2Cl)C(C(=O)O)CCO3)cc1. The first kappa shape index (κ1) is 23.9. The summed E-state index contributed by atoms with van der Waals surface area (Å²) >= 11 is 12.6. The van der Waals surface area contributed by atoms with Gasteiger partial charge in [-0.3, -0.25) is 9.59 Å². The van der Waals surface area contributed by atoms with Crippen LogP contribution in [-0.4, -0.2) is 29.1 Å². The third kappa shape index (κ3) is 5.61. The lowest BCUT2D eigenvalue weighted by atomic mass is 9.93. The monoisotopic (exact) mass is 503 g/mol. The first-order valence-electron chi connectivity index (χ1n) is 10.5. The molecule has 1 aliphatic heterocycles. The summed E-state index contributed by atoms with van der Waals surface area (Å²) in [5.74, 6) is -1.16. The third-order valence-corrected chi connectivity index (χ3v) is 5.92. The van der Waals surface area contributed by atoms with Crippen LogP contribution in [0.4, 0.5) is 4.39 Å². The number of halogens is 3. The van der Waals surface area contributed by atoms with E-state index in [0.717, 1.165) is 5.56 Å². The van der Waals surface area contributed by atoms with E-state index in [1.165, 1.54) is 12.1 Å². The van der Waals surface area contributed by atoms with Crippen molar-refractivity contribution in [3.63, 3.8) is 0 Å². The van der Waals surface area contributed by atoms with E-state index in [4.69, 9.17) is 32.7 Å². The van der Waals surface area contributed by atoms with E-state index >= 15 is 0 Å². The summed E-state index contributed by atoms with van der Waals surface area (Å²) in [4.78, 5) is 24.0. The van der Waals surface area contributed by atoms with E-state index in [0.29, 0.717) is 41.2 Å². The molecule has 1 amide bonds. The second-order valence-electron chi connectivity index (χ2n) is 7.75. The fraction of sp³-hybridized carbons (Fsp3) is 0.200. The Morgan fingerprint density at radius 1 is 1.15 bits per heavy atom. The Balaban J connectivity index is 1.40. The van der Waals surface area contributed by atoms with Gasteiger partial charge in [0.05, 0.1) is 17.5 Å². The van der Waals surface area contributed by atoms with Crippen LogP contribution in [0.25, 0.3) is 0 Å². The summed E-state index contributed by atoms with van der Waals surface area (Å²) in [6.45, 7) is 0.289. The molecule has 1 aliphatic rings. The Hall–Kier alpha value is -3.29. The maximum absolute atomic E-state index is 13.0. The number of carbonyl (C=O) groups is 2. The second kappa shape index (κ2) is 10.3. The fourth-order valence-electron chi connectivity index (χ4n) is 3.63. The van der Waals surface area contributed by atoms with Crippen LogP contribution in [-0.2, 0) is 11.2 Å². The van der Waals surface area contributed by atoms with E-state index in [1.54, 1.807) is 48.5 Å². The van der Waals surface area contributed by atoms with Crippen molar-refractivity contribution in [2.75, 3.05) is 6.61 Å². The maximum atomic E-state index is 13.0. The lowest BCUT2D eigenvalue weighted by Crippen LogP contribution is -2.32. The van der Waals surface area contributed by atoms with Crippen LogP contribution in [0.1, 0.15) is 33.8 Å². The molecule has 0 saturated carbocycles. The number of hydrogen-bond donors (Lipinski definition) is 2. The van der Waals surface area contributed by atoms with Crippen molar-refractivity contribution in [1.82, 2.24) is 5.32 Å². The predicted octanol–water partition coefficient (Wildman–Crippen LogP) is 5.76. The minimum Gasteiger partial charge on any atom is -0.493 e. The minimum absolute atomic E-state index is 0.253. The number of aliphatic carboxylic acids is 1. The zero-order valence-electron chi connectivity index (χ0n) is 17.8. The Morgan fingerprint density at radius 2 is 1.85 bits per heavy atom. The van der Waals surface area contributed by atoms with E-state index in [-0.39, 0.29) is 23.4 Å². The highest BCUT2D eigenvalue weighted by molar-refractivity contribution is 6.32. The highest BCUT2D eigenvalue weighted by Crippen LogP contribution is 2.41. The standard InChI is InChI=1S/C25H20Cl2FNO5/c26-20-12-19-18(25(31)32)9-10-33-21(19)13-22(20)34-17-7-3-15(4-8-17)24(30)29-23(27)11-14-1-5-16(28)6-2-14/h1-8,12-13,18,23H,9-11H2,(H,29,30)(H,31,32). The molecule has 4 rings (SSSR count). The van der Waals surface area contributed by atoms with Crippen LogP contribution >= 0.6 is 23.2 Å².